The molecule has 0 atom stereocenters. The van der Waals surface area contributed by atoms with Gasteiger partial charge in [-0.25, -0.2) is 9.71 Å². The quantitative estimate of drug-likeness (QED) is 0.565. The molecule has 1 amide bonds. The molecule has 0 spiro atoms. The predicted molar refractivity (Wildman–Crippen MR) is 84.8 cm³/mol. The number of halogens is 9. The number of carbonyl (C=O) groups excluding carboxylic acids is 1. The lowest BCUT2D eigenvalue weighted by molar-refractivity contribution is -0.382. The molecule has 0 saturated heterocycles. The molecule has 1 aromatic heterocycles. The highest BCUT2D eigenvalue weighted by Crippen LogP contribution is 2.54. The first kappa shape index (κ1) is 26.0. The Labute approximate surface area is 164 Å². The summed E-state index contributed by atoms with van der Waals surface area (Å²) in [4.78, 5) is 15.6. The molecule has 1 rings (SSSR count). The molecular weight excluding hydrogens is 459 g/mol. The first-order valence-corrected chi connectivity index (χ1v) is 9.59. The molecule has 0 radical (unpaired) electrons. The maximum Gasteiger partial charge on any atom is 0.460 e. The Balaban J connectivity index is 3.30. The first-order chi connectivity index (χ1) is 13.4. The van der Waals surface area contributed by atoms with Crippen molar-refractivity contribution in [3.63, 3.8) is 0 Å². The molecule has 172 valence electrons. The number of nitrogens with zero attached hydrogens (tertiary/aromatic N) is 1. The predicted octanol–water partition coefficient (Wildman–Crippen LogP) is 4.47. The van der Waals surface area contributed by atoms with E-state index in [4.69, 9.17) is 0 Å². The van der Waals surface area contributed by atoms with Crippen LogP contribution in [0.5, 0.6) is 0 Å². The van der Waals surface area contributed by atoms with Gasteiger partial charge in [0.25, 0.3) is 5.91 Å². The highest BCUT2D eigenvalue weighted by Gasteiger charge is 2.85. The van der Waals surface area contributed by atoms with Crippen LogP contribution in [0.4, 0.5) is 39.5 Å². The van der Waals surface area contributed by atoms with Crippen molar-refractivity contribution >= 4 is 15.9 Å². The molecule has 15 heteroatoms. The largest absolute Gasteiger partial charge is 0.460 e. The third-order valence-corrected chi connectivity index (χ3v) is 5.47. The molecule has 0 fully saturated rings. The maximum atomic E-state index is 13.6. The van der Waals surface area contributed by atoms with E-state index in [2.05, 4.69) is 4.98 Å². The van der Waals surface area contributed by atoms with Crippen molar-refractivity contribution in [1.29, 1.82) is 0 Å². The Hall–Kier alpha value is -2.06. The van der Waals surface area contributed by atoms with Crippen molar-refractivity contribution in [3.05, 3.63) is 29.6 Å². The van der Waals surface area contributed by atoms with E-state index in [1.165, 1.54) is 6.07 Å². The van der Waals surface area contributed by atoms with Crippen molar-refractivity contribution in [2.45, 2.75) is 55.9 Å². The van der Waals surface area contributed by atoms with E-state index >= 15 is 0 Å². The Morgan fingerprint density at radius 3 is 1.90 bits per heavy atom. The zero-order valence-electron chi connectivity index (χ0n) is 15.2. The van der Waals surface area contributed by atoms with E-state index in [-0.39, 0.29) is 11.6 Å². The van der Waals surface area contributed by atoms with Gasteiger partial charge >= 0.3 is 33.3 Å². The normalized spacial score (nSPS) is 14.1. The van der Waals surface area contributed by atoms with E-state index in [1.54, 1.807) is 13.8 Å². The third kappa shape index (κ3) is 4.34. The summed E-state index contributed by atoms with van der Waals surface area (Å²) in [6.45, 7) is 3.47. The minimum Gasteiger partial charge on any atom is -0.266 e. The highest BCUT2D eigenvalue weighted by atomic mass is 32.2. The fourth-order valence-electron chi connectivity index (χ4n) is 2.28. The monoisotopic (exact) mass is 474 g/mol. The second kappa shape index (κ2) is 8.23. The number of sulfonamides is 1. The Morgan fingerprint density at radius 1 is 0.967 bits per heavy atom. The number of nitrogens with one attached hydrogen (secondary N) is 1. The average molecular weight is 474 g/mol. The van der Waals surface area contributed by atoms with Gasteiger partial charge < -0.3 is 0 Å². The molecule has 0 bridgehead atoms. The summed E-state index contributed by atoms with van der Waals surface area (Å²) in [5.41, 5.74) is -0.643. The van der Waals surface area contributed by atoms with Gasteiger partial charge in [0.1, 0.15) is 5.69 Å². The first-order valence-electron chi connectivity index (χ1n) is 8.11. The van der Waals surface area contributed by atoms with Crippen LogP contribution in [0.25, 0.3) is 0 Å². The van der Waals surface area contributed by atoms with Gasteiger partial charge in [-0.3, -0.25) is 4.79 Å². The van der Waals surface area contributed by atoms with E-state index in [0.29, 0.717) is 17.6 Å². The van der Waals surface area contributed by atoms with Crippen LogP contribution in [0.3, 0.4) is 0 Å². The molecule has 0 saturated carbocycles. The summed E-state index contributed by atoms with van der Waals surface area (Å²) in [6, 6.07) is 3.36. The zero-order valence-corrected chi connectivity index (χ0v) is 16.0. The van der Waals surface area contributed by atoms with Gasteiger partial charge in [0.2, 0.25) is 0 Å². The molecule has 5 nitrogen and oxygen atoms in total. The van der Waals surface area contributed by atoms with Gasteiger partial charge in [-0.05, 0) is 25.0 Å². The van der Waals surface area contributed by atoms with Crippen molar-refractivity contribution < 1.29 is 52.7 Å². The van der Waals surface area contributed by atoms with Crippen molar-refractivity contribution in [2.24, 2.45) is 0 Å². The van der Waals surface area contributed by atoms with Gasteiger partial charge in [-0.15, -0.1) is 0 Å². The fraction of sp³-hybridized carbons (Fsp3) is 0.600. The molecule has 0 unspecified atom stereocenters. The van der Waals surface area contributed by atoms with Crippen molar-refractivity contribution in [1.82, 2.24) is 9.71 Å². The van der Waals surface area contributed by atoms with Crippen molar-refractivity contribution in [2.75, 3.05) is 0 Å². The van der Waals surface area contributed by atoms with Crippen LogP contribution in [-0.2, 0) is 10.0 Å². The van der Waals surface area contributed by atoms with Crippen LogP contribution >= 0.6 is 0 Å². The summed E-state index contributed by atoms with van der Waals surface area (Å²) < 4.78 is 139. The van der Waals surface area contributed by atoms with Gasteiger partial charge in [0, 0.05) is 11.6 Å². The zero-order chi connectivity index (χ0) is 23.8. The van der Waals surface area contributed by atoms with Crippen molar-refractivity contribution in [3.8, 4) is 0 Å². The number of hydrogen-bond donors (Lipinski definition) is 1. The summed E-state index contributed by atoms with van der Waals surface area (Å²) in [7, 11) is -7.06. The number of amides is 1. The van der Waals surface area contributed by atoms with Crippen LogP contribution in [0.2, 0.25) is 0 Å². The lowest BCUT2D eigenvalue weighted by Gasteiger charge is -2.32. The summed E-state index contributed by atoms with van der Waals surface area (Å²) in [6.07, 6.45) is -6.20. The van der Waals surface area contributed by atoms with Gasteiger partial charge in [-0.2, -0.15) is 47.9 Å². The molecule has 1 N–H and O–H groups in total. The van der Waals surface area contributed by atoms with E-state index < -0.39 is 44.9 Å². The number of pyridine rings is 1. The maximum absolute atomic E-state index is 13.6. The van der Waals surface area contributed by atoms with E-state index in [0.717, 1.165) is 12.1 Å². The molecule has 0 aliphatic heterocycles. The Morgan fingerprint density at radius 2 is 1.47 bits per heavy atom. The number of alkyl halides is 9. The van der Waals surface area contributed by atoms with Crippen LogP contribution in [0, 0.1) is 0 Å². The van der Waals surface area contributed by atoms with Crippen LogP contribution < -0.4 is 4.72 Å². The average Bonchev–Trinajstić information content (AvgIpc) is 2.61. The second-order valence-corrected chi connectivity index (χ2v) is 7.78. The second-order valence-electron chi connectivity index (χ2n) is 6.06. The number of aromatic nitrogens is 1. The van der Waals surface area contributed by atoms with Crippen LogP contribution in [0.15, 0.2) is 18.2 Å². The van der Waals surface area contributed by atoms with E-state index in [9.17, 15) is 52.7 Å². The number of hydrogen-bond acceptors (Lipinski definition) is 4. The topological polar surface area (TPSA) is 76.1 Å². The molecule has 30 heavy (non-hydrogen) atoms. The molecule has 1 aromatic rings. The number of rotatable bonds is 8. The lowest BCUT2D eigenvalue weighted by Crippen LogP contribution is -2.65. The summed E-state index contributed by atoms with van der Waals surface area (Å²) >= 11 is 0. The lowest BCUT2D eigenvalue weighted by atomic mass is 9.99. The molecular formula is C15H15F9N2O3S. The van der Waals surface area contributed by atoms with Crippen LogP contribution in [0.1, 0.15) is 48.8 Å². The van der Waals surface area contributed by atoms with E-state index in [1.807, 2.05) is 0 Å². The summed E-state index contributed by atoms with van der Waals surface area (Å²) in [5.74, 6) is -17.1. The van der Waals surface area contributed by atoms with Gasteiger partial charge in [0.05, 0.1) is 0 Å². The van der Waals surface area contributed by atoms with Gasteiger partial charge in [0.15, 0.2) is 0 Å². The smallest absolute Gasteiger partial charge is 0.266 e. The highest BCUT2D eigenvalue weighted by molar-refractivity contribution is 7.91. The SMILES string of the molecule is CCC(CC)c1cccc(C(=O)NS(=O)(=O)C(F)(F)C(F)(F)C(F)(F)C(F)(F)F)n1. The molecule has 0 aromatic carbocycles. The summed E-state index contributed by atoms with van der Waals surface area (Å²) in [5, 5.41) is -7.01. The molecule has 1 heterocycles. The third-order valence-electron chi connectivity index (χ3n) is 4.09. The molecule has 0 aliphatic carbocycles. The Bertz CT molecular complexity index is 882. The standard InChI is InChI=1S/C15H15F9N2O3S/c1-3-8(4-2)9-6-5-7-10(25-9)11(27)26-30(28,29)15(23,24)13(18,19)12(16,17)14(20,21)22/h5-8H,3-4H2,1-2H3,(H,26,27). The number of carbonyl (C=O) groups is 1. The minimum absolute atomic E-state index is 0.214. The Kier molecular flexibility index (Phi) is 7.12. The molecule has 0 aliphatic rings. The van der Waals surface area contributed by atoms with Crippen LogP contribution in [-0.4, -0.2) is 42.6 Å². The fourth-order valence-corrected chi connectivity index (χ4v) is 3.22. The van der Waals surface area contributed by atoms with Gasteiger partial charge in [-0.1, -0.05) is 19.9 Å². The minimum atomic E-state index is -7.44.